The summed E-state index contributed by atoms with van der Waals surface area (Å²) < 4.78 is 5.91. The second-order valence-corrected chi connectivity index (χ2v) is 10.7. The predicted octanol–water partition coefficient (Wildman–Crippen LogP) is 8.52. The van der Waals surface area contributed by atoms with Crippen LogP contribution in [0.3, 0.4) is 0 Å². The number of carbonyl (C=O) groups excluding carboxylic acids is 1. The van der Waals surface area contributed by atoms with Gasteiger partial charge in [0, 0.05) is 17.5 Å². The third-order valence-corrected chi connectivity index (χ3v) is 8.32. The van der Waals surface area contributed by atoms with Crippen LogP contribution in [0.15, 0.2) is 127 Å². The molecule has 0 spiro atoms. The van der Waals surface area contributed by atoms with Crippen molar-refractivity contribution in [2.45, 2.75) is 18.3 Å². The lowest BCUT2D eigenvalue weighted by molar-refractivity contribution is 0.142. The standard InChI is InChI=1S/C36H30ClNO2/c1-25-19-21-27(22-20-25)36(26-11-3-2-4-12-26,33-17-9-10-18-34(33)37)24-38-35(39)40-23-32-30-15-7-5-13-28(30)29-14-6-8-16-31(29)32/h2-22,32H,23-24H2,1H3,(H,38,39). The van der Waals surface area contributed by atoms with E-state index in [9.17, 15) is 4.79 Å². The van der Waals surface area contributed by atoms with Gasteiger partial charge in [-0.2, -0.15) is 0 Å². The molecule has 0 heterocycles. The molecule has 4 heteroatoms. The highest BCUT2D eigenvalue weighted by molar-refractivity contribution is 6.31. The Hall–Kier alpha value is -4.34. The fourth-order valence-electron chi connectivity index (χ4n) is 6.00. The van der Waals surface area contributed by atoms with Crippen molar-refractivity contribution in [2.24, 2.45) is 0 Å². The van der Waals surface area contributed by atoms with Crippen molar-refractivity contribution in [3.05, 3.63) is 166 Å². The molecule has 0 fully saturated rings. The maximum Gasteiger partial charge on any atom is 0.407 e. The summed E-state index contributed by atoms with van der Waals surface area (Å²) in [5.41, 5.74) is 8.21. The fraction of sp³-hybridized carbons (Fsp3) is 0.139. The van der Waals surface area contributed by atoms with Gasteiger partial charge < -0.3 is 10.1 Å². The van der Waals surface area contributed by atoms with E-state index >= 15 is 0 Å². The second kappa shape index (κ2) is 11.0. The minimum absolute atomic E-state index is 0.00213. The van der Waals surface area contributed by atoms with Gasteiger partial charge in [0.1, 0.15) is 6.61 Å². The van der Waals surface area contributed by atoms with Gasteiger partial charge in [0.15, 0.2) is 0 Å². The van der Waals surface area contributed by atoms with Crippen LogP contribution in [-0.2, 0) is 10.2 Å². The first-order chi connectivity index (χ1) is 19.6. The van der Waals surface area contributed by atoms with E-state index in [1.165, 1.54) is 22.3 Å². The van der Waals surface area contributed by atoms with Crippen molar-refractivity contribution in [1.82, 2.24) is 5.32 Å². The first kappa shape index (κ1) is 25.9. The first-order valence-corrected chi connectivity index (χ1v) is 13.9. The number of benzene rings is 5. The quantitative estimate of drug-likeness (QED) is 0.209. The molecule has 1 amide bonds. The molecule has 1 N–H and O–H groups in total. The molecule has 5 aromatic carbocycles. The smallest absolute Gasteiger partial charge is 0.407 e. The molecule has 1 aliphatic carbocycles. The molecule has 0 aliphatic heterocycles. The van der Waals surface area contributed by atoms with Crippen molar-refractivity contribution in [1.29, 1.82) is 0 Å². The summed E-state index contributed by atoms with van der Waals surface area (Å²) in [5.74, 6) is -0.00213. The van der Waals surface area contributed by atoms with E-state index in [2.05, 4.69) is 85.0 Å². The number of rotatable bonds is 7. The topological polar surface area (TPSA) is 38.3 Å². The molecule has 3 nitrogen and oxygen atoms in total. The van der Waals surface area contributed by atoms with E-state index in [4.69, 9.17) is 16.3 Å². The molecule has 1 aliphatic rings. The minimum atomic E-state index is -0.723. The lowest BCUT2D eigenvalue weighted by atomic mass is 9.69. The third-order valence-electron chi connectivity index (χ3n) is 7.99. The number of ether oxygens (including phenoxy) is 1. The molecule has 5 aromatic rings. The molecule has 0 radical (unpaired) electrons. The molecular formula is C36H30ClNO2. The highest BCUT2D eigenvalue weighted by atomic mass is 35.5. The number of halogens is 1. The Morgan fingerprint density at radius 3 is 1.93 bits per heavy atom. The molecule has 0 aromatic heterocycles. The summed E-state index contributed by atoms with van der Waals surface area (Å²) in [6.45, 7) is 2.60. The van der Waals surface area contributed by atoms with Gasteiger partial charge in [-0.15, -0.1) is 0 Å². The van der Waals surface area contributed by atoms with E-state index < -0.39 is 11.5 Å². The van der Waals surface area contributed by atoms with Crippen LogP contribution in [0.4, 0.5) is 4.79 Å². The largest absolute Gasteiger partial charge is 0.449 e. The SMILES string of the molecule is Cc1ccc(C(CNC(=O)OCC2c3ccccc3-c3ccccc32)(c2ccccc2)c2ccccc2Cl)cc1. The average Bonchev–Trinajstić information content (AvgIpc) is 3.32. The highest BCUT2D eigenvalue weighted by Gasteiger charge is 2.39. The third kappa shape index (κ3) is 4.67. The van der Waals surface area contributed by atoms with Crippen LogP contribution in [0.5, 0.6) is 0 Å². The van der Waals surface area contributed by atoms with Crippen molar-refractivity contribution < 1.29 is 9.53 Å². The number of hydrogen-bond acceptors (Lipinski definition) is 2. The van der Waals surface area contributed by atoms with Crippen molar-refractivity contribution in [3.63, 3.8) is 0 Å². The Labute approximate surface area is 240 Å². The van der Waals surface area contributed by atoms with Gasteiger partial charge in [-0.1, -0.05) is 138 Å². The van der Waals surface area contributed by atoms with Gasteiger partial charge in [-0.05, 0) is 51.9 Å². The minimum Gasteiger partial charge on any atom is -0.449 e. The zero-order valence-electron chi connectivity index (χ0n) is 22.3. The van der Waals surface area contributed by atoms with E-state index in [1.54, 1.807) is 0 Å². The predicted molar refractivity (Wildman–Crippen MR) is 162 cm³/mol. The molecule has 0 saturated carbocycles. The van der Waals surface area contributed by atoms with E-state index in [1.807, 2.05) is 54.6 Å². The van der Waals surface area contributed by atoms with Gasteiger partial charge in [-0.25, -0.2) is 4.79 Å². The summed E-state index contributed by atoms with van der Waals surface area (Å²) in [5, 5.41) is 3.75. The van der Waals surface area contributed by atoms with Gasteiger partial charge in [0.2, 0.25) is 0 Å². The van der Waals surface area contributed by atoms with Crippen LogP contribution in [0.25, 0.3) is 11.1 Å². The number of amides is 1. The van der Waals surface area contributed by atoms with Crippen LogP contribution < -0.4 is 5.32 Å². The lowest BCUT2D eigenvalue weighted by Crippen LogP contribution is -2.43. The number of aryl methyl sites for hydroxylation is 1. The second-order valence-electron chi connectivity index (χ2n) is 10.3. The lowest BCUT2D eigenvalue weighted by Gasteiger charge is -2.36. The van der Waals surface area contributed by atoms with E-state index in [0.29, 0.717) is 5.02 Å². The fourth-order valence-corrected chi connectivity index (χ4v) is 6.30. The maximum absolute atomic E-state index is 13.3. The Morgan fingerprint density at radius 2 is 1.27 bits per heavy atom. The first-order valence-electron chi connectivity index (χ1n) is 13.5. The van der Waals surface area contributed by atoms with Crippen molar-refractivity contribution in [3.8, 4) is 11.1 Å². The van der Waals surface area contributed by atoms with E-state index in [-0.39, 0.29) is 19.1 Å². The van der Waals surface area contributed by atoms with Crippen LogP contribution in [0, 0.1) is 6.92 Å². The summed E-state index contributed by atoms with van der Waals surface area (Å²) in [4.78, 5) is 13.3. The van der Waals surface area contributed by atoms with E-state index in [0.717, 1.165) is 22.3 Å². The number of carbonyl (C=O) groups is 1. The zero-order chi connectivity index (χ0) is 27.5. The van der Waals surface area contributed by atoms with Crippen LogP contribution in [0.1, 0.15) is 39.3 Å². The zero-order valence-corrected chi connectivity index (χ0v) is 23.1. The van der Waals surface area contributed by atoms with Crippen molar-refractivity contribution in [2.75, 3.05) is 13.2 Å². The number of nitrogens with one attached hydrogen (secondary N) is 1. The molecular weight excluding hydrogens is 514 g/mol. The molecule has 6 rings (SSSR count). The molecule has 1 atom stereocenters. The normalized spacial score (nSPS) is 13.7. The average molecular weight is 544 g/mol. The summed E-state index contributed by atoms with van der Waals surface area (Å²) in [6.07, 6.45) is -0.457. The molecule has 0 bridgehead atoms. The molecule has 1 unspecified atom stereocenters. The molecule has 0 saturated heterocycles. The highest BCUT2D eigenvalue weighted by Crippen LogP contribution is 2.45. The monoisotopic (exact) mass is 543 g/mol. The van der Waals surface area contributed by atoms with Gasteiger partial charge >= 0.3 is 6.09 Å². The maximum atomic E-state index is 13.3. The summed E-state index contributed by atoms with van der Waals surface area (Å²) >= 11 is 6.85. The Balaban J connectivity index is 1.31. The van der Waals surface area contributed by atoms with Gasteiger partial charge in [0.25, 0.3) is 0 Å². The summed E-state index contributed by atoms with van der Waals surface area (Å²) in [7, 11) is 0. The Morgan fingerprint density at radius 1 is 0.725 bits per heavy atom. The number of fused-ring (bicyclic) bond motifs is 3. The van der Waals surface area contributed by atoms with Crippen molar-refractivity contribution >= 4 is 17.7 Å². The Kier molecular flexibility index (Phi) is 7.15. The van der Waals surface area contributed by atoms with Gasteiger partial charge in [0.05, 0.1) is 5.41 Å². The van der Waals surface area contributed by atoms with Gasteiger partial charge in [-0.3, -0.25) is 0 Å². The Bertz CT molecular complexity index is 1600. The molecule has 40 heavy (non-hydrogen) atoms. The van der Waals surface area contributed by atoms with Crippen LogP contribution in [-0.4, -0.2) is 19.2 Å². The van der Waals surface area contributed by atoms with Crippen LogP contribution >= 0.6 is 11.6 Å². The summed E-state index contributed by atoms with van der Waals surface area (Å²) in [6, 6.07) is 43.2. The number of hydrogen-bond donors (Lipinski definition) is 1. The number of alkyl carbamates (subject to hydrolysis) is 1. The van der Waals surface area contributed by atoms with Crippen LogP contribution in [0.2, 0.25) is 5.02 Å². The molecule has 198 valence electrons.